The number of hydrogen-bond acceptors (Lipinski definition) is 4. The highest BCUT2D eigenvalue weighted by Gasteiger charge is 2.37. The lowest BCUT2D eigenvalue weighted by Gasteiger charge is -2.15. The standard InChI is InChI=1S/C13H16ClNO4S/c1-8-3-4-9(5-12(8)19-2)13(16)15-11-7-20(17,18)6-10(11)14/h3-5,10-11H,6-7H2,1-2H3,(H,15,16). The first-order valence-corrected chi connectivity index (χ1v) is 8.38. The number of nitrogens with one attached hydrogen (secondary N) is 1. The van der Waals surface area contributed by atoms with Crippen LogP contribution in [0.25, 0.3) is 0 Å². The molecule has 2 atom stereocenters. The van der Waals surface area contributed by atoms with Gasteiger partial charge in [0.25, 0.3) is 5.91 Å². The van der Waals surface area contributed by atoms with Crippen LogP contribution in [0.3, 0.4) is 0 Å². The highest BCUT2D eigenvalue weighted by molar-refractivity contribution is 7.91. The Labute approximate surface area is 123 Å². The second-order valence-corrected chi connectivity index (χ2v) is 7.57. The molecule has 1 fully saturated rings. The van der Waals surface area contributed by atoms with E-state index in [0.29, 0.717) is 11.3 Å². The van der Waals surface area contributed by atoms with Gasteiger partial charge in [-0.05, 0) is 24.6 Å². The molecule has 0 spiro atoms. The third kappa shape index (κ3) is 3.24. The van der Waals surface area contributed by atoms with Gasteiger partial charge in [0.1, 0.15) is 5.75 Å². The molecule has 0 saturated carbocycles. The average molecular weight is 318 g/mol. The number of hydrogen-bond donors (Lipinski definition) is 1. The molecule has 1 aliphatic rings. The largest absolute Gasteiger partial charge is 0.496 e. The lowest BCUT2D eigenvalue weighted by molar-refractivity contribution is 0.0941. The molecule has 1 aromatic rings. The summed E-state index contributed by atoms with van der Waals surface area (Å²) >= 11 is 5.96. The van der Waals surface area contributed by atoms with Crippen molar-refractivity contribution in [3.8, 4) is 5.75 Å². The van der Waals surface area contributed by atoms with Crippen molar-refractivity contribution < 1.29 is 17.9 Å². The Morgan fingerprint density at radius 2 is 2.10 bits per heavy atom. The van der Waals surface area contributed by atoms with Crippen molar-refractivity contribution in [2.24, 2.45) is 0 Å². The number of rotatable bonds is 3. The topological polar surface area (TPSA) is 72.5 Å². The molecular formula is C13H16ClNO4S. The van der Waals surface area contributed by atoms with Crippen LogP contribution < -0.4 is 10.1 Å². The maximum atomic E-state index is 12.1. The Kier molecular flexibility index (Phi) is 4.25. The molecule has 0 bridgehead atoms. The second-order valence-electron chi connectivity index (χ2n) is 4.86. The van der Waals surface area contributed by atoms with Crippen LogP contribution in [0.1, 0.15) is 15.9 Å². The predicted octanol–water partition coefficient (Wildman–Crippen LogP) is 1.14. The summed E-state index contributed by atoms with van der Waals surface area (Å²) in [7, 11) is -1.63. The summed E-state index contributed by atoms with van der Waals surface area (Å²) in [6.07, 6.45) is 0. The molecule has 7 heteroatoms. The van der Waals surface area contributed by atoms with E-state index in [9.17, 15) is 13.2 Å². The first-order valence-electron chi connectivity index (χ1n) is 6.12. The number of amides is 1. The van der Waals surface area contributed by atoms with Gasteiger partial charge in [0, 0.05) is 5.56 Å². The first kappa shape index (κ1) is 15.1. The number of sulfone groups is 1. The number of ether oxygens (including phenoxy) is 1. The van der Waals surface area contributed by atoms with E-state index in [1.54, 1.807) is 18.2 Å². The number of benzene rings is 1. The molecule has 110 valence electrons. The monoisotopic (exact) mass is 317 g/mol. The number of alkyl halides is 1. The summed E-state index contributed by atoms with van der Waals surface area (Å²) in [5, 5.41) is 2.08. The summed E-state index contributed by atoms with van der Waals surface area (Å²) in [6.45, 7) is 1.87. The molecule has 5 nitrogen and oxygen atoms in total. The zero-order chi connectivity index (χ0) is 14.9. The van der Waals surface area contributed by atoms with Crippen molar-refractivity contribution in [3.05, 3.63) is 29.3 Å². The normalized spacial score (nSPS) is 24.4. The predicted molar refractivity (Wildman–Crippen MR) is 77.3 cm³/mol. The van der Waals surface area contributed by atoms with E-state index < -0.39 is 21.3 Å². The molecule has 2 unspecified atom stereocenters. The van der Waals surface area contributed by atoms with E-state index in [2.05, 4.69) is 5.32 Å². The van der Waals surface area contributed by atoms with Crippen molar-refractivity contribution in [2.75, 3.05) is 18.6 Å². The maximum Gasteiger partial charge on any atom is 0.251 e. The molecule has 1 N–H and O–H groups in total. The fourth-order valence-corrected chi connectivity index (χ4v) is 4.70. The van der Waals surface area contributed by atoms with Crippen LogP contribution in [0.4, 0.5) is 0 Å². The number of carbonyl (C=O) groups is 1. The SMILES string of the molecule is COc1cc(C(=O)NC2CS(=O)(=O)CC2Cl)ccc1C. The summed E-state index contributed by atoms with van der Waals surface area (Å²) in [5.41, 5.74) is 1.34. The summed E-state index contributed by atoms with van der Waals surface area (Å²) < 4.78 is 28.1. The molecular weight excluding hydrogens is 302 g/mol. The Balaban J connectivity index is 2.13. The van der Waals surface area contributed by atoms with Gasteiger partial charge in [0.2, 0.25) is 0 Å². The van der Waals surface area contributed by atoms with E-state index in [1.807, 2.05) is 6.92 Å². The number of methoxy groups -OCH3 is 1. The van der Waals surface area contributed by atoms with Crippen molar-refractivity contribution in [1.82, 2.24) is 5.32 Å². The first-order chi connectivity index (χ1) is 9.32. The van der Waals surface area contributed by atoms with Crippen molar-refractivity contribution >= 4 is 27.3 Å². The lowest BCUT2D eigenvalue weighted by atomic mass is 10.1. The molecule has 1 heterocycles. The molecule has 1 amide bonds. The van der Waals surface area contributed by atoms with Gasteiger partial charge in [-0.2, -0.15) is 0 Å². The van der Waals surface area contributed by atoms with E-state index in [4.69, 9.17) is 16.3 Å². The van der Waals surface area contributed by atoms with Crippen LogP contribution in [0.2, 0.25) is 0 Å². The molecule has 0 aromatic heterocycles. The Bertz CT molecular complexity index is 629. The van der Waals surface area contributed by atoms with E-state index in [-0.39, 0.29) is 17.4 Å². The zero-order valence-corrected chi connectivity index (χ0v) is 12.8. The molecule has 20 heavy (non-hydrogen) atoms. The van der Waals surface area contributed by atoms with Crippen LogP contribution >= 0.6 is 11.6 Å². The Hall–Kier alpha value is -1.27. The minimum Gasteiger partial charge on any atom is -0.496 e. The van der Waals surface area contributed by atoms with Crippen molar-refractivity contribution in [2.45, 2.75) is 18.3 Å². The van der Waals surface area contributed by atoms with Crippen molar-refractivity contribution in [3.63, 3.8) is 0 Å². The van der Waals surface area contributed by atoms with Crippen LogP contribution in [0.5, 0.6) is 5.75 Å². The van der Waals surface area contributed by atoms with Gasteiger partial charge in [0.15, 0.2) is 9.84 Å². The lowest BCUT2D eigenvalue weighted by Crippen LogP contribution is -2.40. The number of halogens is 1. The van der Waals surface area contributed by atoms with Crippen LogP contribution in [0, 0.1) is 6.92 Å². The second kappa shape index (κ2) is 5.61. The Morgan fingerprint density at radius 1 is 1.40 bits per heavy atom. The van der Waals surface area contributed by atoms with Gasteiger partial charge in [-0.3, -0.25) is 4.79 Å². The highest BCUT2D eigenvalue weighted by atomic mass is 35.5. The van der Waals surface area contributed by atoms with Gasteiger partial charge < -0.3 is 10.1 Å². The molecule has 1 aliphatic heterocycles. The molecule has 2 rings (SSSR count). The number of aryl methyl sites for hydroxylation is 1. The van der Waals surface area contributed by atoms with Crippen LogP contribution in [-0.4, -0.2) is 44.4 Å². The van der Waals surface area contributed by atoms with Crippen LogP contribution in [-0.2, 0) is 9.84 Å². The van der Waals surface area contributed by atoms with E-state index in [0.717, 1.165) is 5.56 Å². The van der Waals surface area contributed by atoms with Gasteiger partial charge in [0.05, 0.1) is 30.0 Å². The fourth-order valence-electron chi connectivity index (χ4n) is 2.15. The third-order valence-corrected chi connectivity index (χ3v) is 5.65. The minimum atomic E-state index is -3.16. The summed E-state index contributed by atoms with van der Waals surface area (Å²) in [4.78, 5) is 12.1. The number of carbonyl (C=O) groups excluding carboxylic acids is 1. The van der Waals surface area contributed by atoms with Crippen LogP contribution in [0.15, 0.2) is 18.2 Å². The molecule has 0 radical (unpaired) electrons. The summed E-state index contributed by atoms with van der Waals surface area (Å²) in [6, 6.07) is 4.51. The molecule has 0 aliphatic carbocycles. The third-order valence-electron chi connectivity index (χ3n) is 3.27. The van der Waals surface area contributed by atoms with E-state index >= 15 is 0 Å². The quantitative estimate of drug-likeness (QED) is 0.849. The highest BCUT2D eigenvalue weighted by Crippen LogP contribution is 2.21. The summed E-state index contributed by atoms with van der Waals surface area (Å²) in [5.74, 6) is 0.0438. The zero-order valence-electron chi connectivity index (χ0n) is 11.2. The van der Waals surface area contributed by atoms with Crippen molar-refractivity contribution in [1.29, 1.82) is 0 Å². The molecule has 1 saturated heterocycles. The molecule has 1 aromatic carbocycles. The van der Waals surface area contributed by atoms with Gasteiger partial charge in [-0.1, -0.05) is 6.07 Å². The van der Waals surface area contributed by atoms with Gasteiger partial charge >= 0.3 is 0 Å². The smallest absolute Gasteiger partial charge is 0.251 e. The van der Waals surface area contributed by atoms with Gasteiger partial charge in [-0.15, -0.1) is 11.6 Å². The average Bonchev–Trinajstić information content (AvgIpc) is 2.62. The van der Waals surface area contributed by atoms with E-state index in [1.165, 1.54) is 7.11 Å². The fraction of sp³-hybridized carbons (Fsp3) is 0.462. The Morgan fingerprint density at radius 3 is 2.65 bits per heavy atom. The maximum absolute atomic E-state index is 12.1. The minimum absolute atomic E-state index is 0.100. The van der Waals surface area contributed by atoms with Gasteiger partial charge in [-0.25, -0.2) is 8.42 Å².